The van der Waals surface area contributed by atoms with Gasteiger partial charge >= 0.3 is 0 Å². The number of rotatable bonds is 10. The Morgan fingerprint density at radius 1 is 1.11 bits per heavy atom. The maximum absolute atomic E-state index is 12.1. The number of amides is 1. The minimum absolute atomic E-state index is 0.0613. The lowest BCUT2D eigenvalue weighted by Crippen LogP contribution is -2.32. The molecule has 0 aliphatic rings. The van der Waals surface area contributed by atoms with Crippen LogP contribution in [-0.2, 0) is 21.2 Å². The quantitative estimate of drug-likeness (QED) is 0.589. The molecule has 0 radical (unpaired) electrons. The molecule has 0 fully saturated rings. The van der Waals surface area contributed by atoms with Gasteiger partial charge in [0.15, 0.2) is 0 Å². The molecule has 5 nitrogen and oxygen atoms in total. The molecule has 0 saturated carbocycles. The molecule has 2 aromatic rings. The number of carbonyl (C=O) groups excluding carboxylic acids is 1. The van der Waals surface area contributed by atoms with E-state index in [-0.39, 0.29) is 12.5 Å². The average molecular weight is 423 g/mol. The Morgan fingerprint density at radius 2 is 1.82 bits per heavy atom. The fourth-order valence-corrected chi connectivity index (χ4v) is 4.00. The van der Waals surface area contributed by atoms with Gasteiger partial charge in [-0.05, 0) is 61.6 Å². The minimum atomic E-state index is -3.40. The number of hydrogen-bond acceptors (Lipinski definition) is 3. The zero-order valence-electron chi connectivity index (χ0n) is 16.3. The summed E-state index contributed by atoms with van der Waals surface area (Å²) < 4.78 is 25.6. The van der Waals surface area contributed by atoms with Crippen LogP contribution in [0.2, 0.25) is 5.02 Å². The molecule has 0 bridgehead atoms. The van der Waals surface area contributed by atoms with Gasteiger partial charge in [0.2, 0.25) is 15.9 Å². The molecular formula is C21H27ClN2O3S. The maximum Gasteiger partial charge on any atom is 0.232 e. The molecule has 0 saturated heterocycles. The largest absolute Gasteiger partial charge is 0.356 e. The van der Waals surface area contributed by atoms with Crippen LogP contribution in [0, 0.1) is 6.92 Å². The van der Waals surface area contributed by atoms with E-state index in [1.54, 1.807) is 6.07 Å². The van der Waals surface area contributed by atoms with E-state index in [0.717, 1.165) is 18.4 Å². The summed E-state index contributed by atoms with van der Waals surface area (Å²) in [6.07, 6.45) is 3.65. The first-order valence-electron chi connectivity index (χ1n) is 9.31. The molecule has 0 atom stereocenters. The Kier molecular flexibility index (Phi) is 8.33. The van der Waals surface area contributed by atoms with E-state index in [1.165, 1.54) is 16.1 Å². The van der Waals surface area contributed by atoms with Crippen LogP contribution in [0.4, 0.5) is 5.69 Å². The Balaban J connectivity index is 1.74. The van der Waals surface area contributed by atoms with Gasteiger partial charge in [0.25, 0.3) is 0 Å². The normalized spacial score (nSPS) is 11.2. The summed E-state index contributed by atoms with van der Waals surface area (Å²) >= 11 is 5.86. The van der Waals surface area contributed by atoms with Gasteiger partial charge < -0.3 is 5.32 Å². The van der Waals surface area contributed by atoms with Crippen molar-refractivity contribution in [2.45, 2.75) is 32.6 Å². The van der Waals surface area contributed by atoms with Crippen LogP contribution in [0.5, 0.6) is 0 Å². The number of anilines is 1. The summed E-state index contributed by atoms with van der Waals surface area (Å²) in [7, 11) is -3.40. The lowest BCUT2D eigenvalue weighted by atomic mass is 10.1. The first-order chi connectivity index (χ1) is 13.3. The monoisotopic (exact) mass is 422 g/mol. The predicted octanol–water partition coefficient (Wildman–Crippen LogP) is 3.94. The lowest BCUT2D eigenvalue weighted by molar-refractivity contribution is -0.121. The highest BCUT2D eigenvalue weighted by molar-refractivity contribution is 7.92. The lowest BCUT2D eigenvalue weighted by Gasteiger charge is -2.22. The van der Waals surface area contributed by atoms with Crippen LogP contribution in [-0.4, -0.2) is 33.7 Å². The molecule has 152 valence electrons. The van der Waals surface area contributed by atoms with Gasteiger partial charge in [-0.25, -0.2) is 8.42 Å². The Labute approximate surface area is 172 Å². The Hall–Kier alpha value is -2.05. The second-order valence-corrected chi connectivity index (χ2v) is 9.20. The minimum Gasteiger partial charge on any atom is -0.356 e. The van der Waals surface area contributed by atoms with Gasteiger partial charge in [0.05, 0.1) is 11.9 Å². The molecule has 2 aromatic carbocycles. The highest BCUT2D eigenvalue weighted by Gasteiger charge is 2.17. The van der Waals surface area contributed by atoms with Crippen molar-refractivity contribution in [1.29, 1.82) is 0 Å². The van der Waals surface area contributed by atoms with Crippen LogP contribution in [0.25, 0.3) is 0 Å². The van der Waals surface area contributed by atoms with E-state index >= 15 is 0 Å². The average Bonchev–Trinajstić information content (AvgIpc) is 2.63. The van der Waals surface area contributed by atoms with E-state index in [4.69, 9.17) is 11.6 Å². The molecule has 0 aliphatic heterocycles. The van der Waals surface area contributed by atoms with Crippen LogP contribution in [0.1, 0.15) is 30.4 Å². The first kappa shape index (κ1) is 22.2. The standard InChI is InChI=1S/C21H27ClN2O3S/c1-17-6-3-8-20(16-17)24(28(2,26)27)15-5-9-21(25)23-14-4-7-18-10-12-19(22)13-11-18/h3,6,8,10-13,16H,4-5,7,9,14-15H2,1-2H3,(H,23,25). The predicted molar refractivity (Wildman–Crippen MR) is 115 cm³/mol. The molecule has 1 amide bonds. The summed E-state index contributed by atoms with van der Waals surface area (Å²) in [5, 5.41) is 3.61. The second kappa shape index (κ2) is 10.5. The summed E-state index contributed by atoms with van der Waals surface area (Å²) in [4.78, 5) is 12.0. The number of nitrogens with zero attached hydrogens (tertiary/aromatic N) is 1. The van der Waals surface area contributed by atoms with Crippen molar-refractivity contribution in [3.63, 3.8) is 0 Å². The third-order valence-electron chi connectivity index (χ3n) is 4.33. The summed E-state index contributed by atoms with van der Waals surface area (Å²) in [5.74, 6) is -0.0613. The number of carbonyl (C=O) groups is 1. The molecule has 7 heteroatoms. The van der Waals surface area contributed by atoms with Gasteiger partial charge in [-0.3, -0.25) is 9.10 Å². The number of hydrogen-bond donors (Lipinski definition) is 1. The van der Waals surface area contributed by atoms with Gasteiger partial charge in [-0.2, -0.15) is 0 Å². The fourth-order valence-electron chi connectivity index (χ4n) is 2.91. The highest BCUT2D eigenvalue weighted by Crippen LogP contribution is 2.19. The van der Waals surface area contributed by atoms with E-state index < -0.39 is 10.0 Å². The van der Waals surface area contributed by atoms with Crippen LogP contribution in [0.3, 0.4) is 0 Å². The molecule has 1 N–H and O–H groups in total. The van der Waals surface area contributed by atoms with Crippen LogP contribution in [0.15, 0.2) is 48.5 Å². The zero-order valence-corrected chi connectivity index (χ0v) is 17.9. The van der Waals surface area contributed by atoms with Gasteiger partial charge in [-0.1, -0.05) is 35.9 Å². The second-order valence-electron chi connectivity index (χ2n) is 6.86. The van der Waals surface area contributed by atoms with Gasteiger partial charge in [0.1, 0.15) is 0 Å². The molecule has 0 unspecified atom stereocenters. The van der Waals surface area contributed by atoms with Crippen molar-refractivity contribution in [3.05, 3.63) is 64.7 Å². The van der Waals surface area contributed by atoms with Crippen molar-refractivity contribution < 1.29 is 13.2 Å². The van der Waals surface area contributed by atoms with E-state index in [2.05, 4.69) is 5.32 Å². The van der Waals surface area contributed by atoms with Crippen molar-refractivity contribution in [2.24, 2.45) is 0 Å². The number of sulfonamides is 1. The third kappa shape index (κ3) is 7.52. The summed E-state index contributed by atoms with van der Waals surface area (Å²) in [6, 6.07) is 15.0. The highest BCUT2D eigenvalue weighted by atomic mass is 35.5. The zero-order chi connectivity index (χ0) is 20.6. The van der Waals surface area contributed by atoms with Crippen molar-refractivity contribution in [1.82, 2.24) is 5.32 Å². The van der Waals surface area contributed by atoms with Crippen molar-refractivity contribution in [3.8, 4) is 0 Å². The van der Waals surface area contributed by atoms with E-state index in [0.29, 0.717) is 30.1 Å². The number of aryl methyl sites for hydroxylation is 2. The molecule has 0 aliphatic carbocycles. The number of nitrogens with one attached hydrogen (secondary N) is 1. The summed E-state index contributed by atoms with van der Waals surface area (Å²) in [5.41, 5.74) is 2.80. The molecule has 28 heavy (non-hydrogen) atoms. The first-order valence-corrected chi connectivity index (χ1v) is 11.5. The fraction of sp³-hybridized carbons (Fsp3) is 0.381. The topological polar surface area (TPSA) is 66.5 Å². The molecule has 0 heterocycles. The third-order valence-corrected chi connectivity index (χ3v) is 5.78. The molecule has 0 spiro atoms. The summed E-state index contributed by atoms with van der Waals surface area (Å²) in [6.45, 7) is 2.79. The van der Waals surface area contributed by atoms with Crippen molar-refractivity contribution >= 4 is 33.2 Å². The Morgan fingerprint density at radius 3 is 2.46 bits per heavy atom. The van der Waals surface area contributed by atoms with E-state index in [1.807, 2.05) is 49.4 Å². The van der Waals surface area contributed by atoms with Gasteiger partial charge in [-0.15, -0.1) is 0 Å². The maximum atomic E-state index is 12.1. The van der Waals surface area contributed by atoms with Crippen LogP contribution >= 0.6 is 11.6 Å². The van der Waals surface area contributed by atoms with E-state index in [9.17, 15) is 13.2 Å². The van der Waals surface area contributed by atoms with Gasteiger partial charge in [0, 0.05) is 24.5 Å². The van der Waals surface area contributed by atoms with Crippen molar-refractivity contribution in [2.75, 3.05) is 23.7 Å². The smallest absolute Gasteiger partial charge is 0.232 e. The molecular weight excluding hydrogens is 396 g/mol. The Bertz CT molecular complexity index is 883. The number of benzene rings is 2. The SMILES string of the molecule is Cc1cccc(N(CCCC(=O)NCCCc2ccc(Cl)cc2)S(C)(=O)=O)c1. The number of halogens is 1. The molecule has 0 aromatic heterocycles. The molecule has 2 rings (SSSR count). The van der Waals surface area contributed by atoms with Crippen LogP contribution < -0.4 is 9.62 Å².